The Labute approximate surface area is 126 Å². The van der Waals surface area contributed by atoms with Crippen LogP contribution in [0.4, 0.5) is 0 Å². The molecule has 1 aliphatic rings. The van der Waals surface area contributed by atoms with Crippen LogP contribution < -0.4 is 10.1 Å². The van der Waals surface area contributed by atoms with Crippen molar-refractivity contribution in [3.05, 3.63) is 40.8 Å². The minimum absolute atomic E-state index is 0.0913. The van der Waals surface area contributed by atoms with Crippen LogP contribution >= 0.6 is 24.0 Å². The van der Waals surface area contributed by atoms with E-state index < -0.39 is 0 Å². The minimum Gasteiger partial charge on any atom is -0.504 e. The average molecular weight is 307 g/mol. The number of phenols is 1. The molecule has 0 aliphatic carbocycles. The van der Waals surface area contributed by atoms with Gasteiger partial charge in [-0.1, -0.05) is 30.1 Å². The highest BCUT2D eigenvalue weighted by Crippen LogP contribution is 2.34. The maximum atomic E-state index is 11.6. The summed E-state index contributed by atoms with van der Waals surface area (Å²) < 4.78 is 5.58. The van der Waals surface area contributed by atoms with Gasteiger partial charge in [0.25, 0.3) is 5.91 Å². The highest BCUT2D eigenvalue weighted by Gasteiger charge is 2.22. The van der Waals surface area contributed by atoms with Crippen molar-refractivity contribution < 1.29 is 14.6 Å². The number of ether oxygens (including phenoxy) is 1. The first-order valence-electron chi connectivity index (χ1n) is 5.80. The van der Waals surface area contributed by atoms with E-state index in [9.17, 15) is 9.90 Å². The second-order valence-corrected chi connectivity index (χ2v) is 5.79. The molecule has 1 amide bonds. The quantitative estimate of drug-likeness (QED) is 0.509. The number of carbonyl (C=O) groups excluding carboxylic acids is 1. The Morgan fingerprint density at radius 3 is 2.85 bits per heavy atom. The van der Waals surface area contributed by atoms with Gasteiger partial charge >= 0.3 is 0 Å². The fraction of sp³-hybridized carbons (Fsp3) is 0.143. The van der Waals surface area contributed by atoms with Crippen molar-refractivity contribution in [2.24, 2.45) is 0 Å². The lowest BCUT2D eigenvalue weighted by atomic mass is 10.1. The van der Waals surface area contributed by atoms with E-state index in [1.807, 2.05) is 0 Å². The second kappa shape index (κ2) is 6.11. The Hall–Kier alpha value is -1.79. The third-order valence-electron chi connectivity index (χ3n) is 2.70. The molecule has 4 nitrogen and oxygen atoms in total. The number of nitrogens with one attached hydrogen (secondary N) is 1. The molecule has 0 radical (unpaired) electrons. The van der Waals surface area contributed by atoms with Crippen molar-refractivity contribution in [3.8, 4) is 11.5 Å². The van der Waals surface area contributed by atoms with Gasteiger partial charge in [0.2, 0.25) is 0 Å². The van der Waals surface area contributed by atoms with Crippen LogP contribution in [0.25, 0.3) is 6.08 Å². The molecule has 0 aromatic heterocycles. The summed E-state index contributed by atoms with van der Waals surface area (Å²) in [7, 11) is 1.48. The first-order valence-corrected chi connectivity index (χ1v) is 7.03. The summed E-state index contributed by atoms with van der Waals surface area (Å²) >= 11 is 6.15. The highest BCUT2D eigenvalue weighted by molar-refractivity contribution is 8.26. The summed E-state index contributed by atoms with van der Waals surface area (Å²) in [5.74, 6) is 0.244. The number of carbonyl (C=O) groups is 1. The maximum absolute atomic E-state index is 11.6. The van der Waals surface area contributed by atoms with Gasteiger partial charge in [-0.25, -0.2) is 0 Å². The molecule has 1 fully saturated rings. The van der Waals surface area contributed by atoms with Gasteiger partial charge in [-0.3, -0.25) is 4.79 Å². The zero-order chi connectivity index (χ0) is 14.7. The number of allylic oxidation sites excluding steroid dienone is 1. The van der Waals surface area contributed by atoms with E-state index in [0.29, 0.717) is 27.0 Å². The van der Waals surface area contributed by atoms with Crippen LogP contribution in [0.5, 0.6) is 11.5 Å². The van der Waals surface area contributed by atoms with Crippen molar-refractivity contribution in [2.45, 2.75) is 6.42 Å². The molecule has 2 N–H and O–H groups in total. The number of amides is 1. The van der Waals surface area contributed by atoms with Crippen LogP contribution in [0.3, 0.4) is 0 Å². The topological polar surface area (TPSA) is 58.6 Å². The molecule has 104 valence electrons. The number of aromatic hydroxyl groups is 1. The van der Waals surface area contributed by atoms with Crippen LogP contribution in [-0.2, 0) is 11.2 Å². The molecule has 2 rings (SSSR count). The number of rotatable bonds is 4. The number of methoxy groups -OCH3 is 1. The lowest BCUT2D eigenvalue weighted by Gasteiger charge is -2.09. The molecule has 0 atom stereocenters. The van der Waals surface area contributed by atoms with Crippen LogP contribution in [0.15, 0.2) is 29.7 Å². The van der Waals surface area contributed by atoms with E-state index in [-0.39, 0.29) is 11.7 Å². The van der Waals surface area contributed by atoms with Gasteiger partial charge in [-0.2, -0.15) is 0 Å². The number of phenolic OH excluding ortho intramolecular Hbond substituents is 1. The molecule has 1 aromatic carbocycles. The van der Waals surface area contributed by atoms with Crippen LogP contribution in [-0.4, -0.2) is 22.4 Å². The van der Waals surface area contributed by atoms with Gasteiger partial charge in [0, 0.05) is 5.56 Å². The Morgan fingerprint density at radius 1 is 1.55 bits per heavy atom. The first kappa shape index (κ1) is 14.6. The third kappa shape index (κ3) is 3.02. The summed E-state index contributed by atoms with van der Waals surface area (Å²) in [5, 5.41) is 12.6. The van der Waals surface area contributed by atoms with E-state index in [1.165, 1.54) is 18.9 Å². The molecule has 20 heavy (non-hydrogen) atoms. The lowest BCUT2D eigenvalue weighted by molar-refractivity contribution is -0.115. The van der Waals surface area contributed by atoms with E-state index in [0.717, 1.165) is 5.56 Å². The molecular weight excluding hydrogens is 294 g/mol. The average Bonchev–Trinajstić information content (AvgIpc) is 2.71. The van der Waals surface area contributed by atoms with Gasteiger partial charge in [0.1, 0.15) is 4.32 Å². The van der Waals surface area contributed by atoms with Crippen molar-refractivity contribution in [1.82, 2.24) is 5.32 Å². The standard InChI is InChI=1S/C14H13NO3S2/c1-3-4-9-5-8(6-10(18-2)12(9)16)7-11-13(17)15-14(19)20-11/h3,5-7,16H,1,4H2,2H3,(H,15,17,19). The molecule has 0 saturated carbocycles. The molecular formula is C14H13NO3S2. The molecule has 1 aliphatic heterocycles. The molecule has 1 heterocycles. The molecule has 6 heteroatoms. The van der Waals surface area contributed by atoms with Gasteiger partial charge in [0.15, 0.2) is 11.5 Å². The van der Waals surface area contributed by atoms with Crippen LogP contribution in [0.2, 0.25) is 0 Å². The number of hydrogen-bond donors (Lipinski definition) is 2. The van der Waals surface area contributed by atoms with E-state index in [4.69, 9.17) is 17.0 Å². The van der Waals surface area contributed by atoms with Gasteiger partial charge in [-0.15, -0.1) is 6.58 Å². The van der Waals surface area contributed by atoms with Crippen molar-refractivity contribution in [1.29, 1.82) is 0 Å². The summed E-state index contributed by atoms with van der Waals surface area (Å²) in [4.78, 5) is 12.2. The Kier molecular flexibility index (Phi) is 4.46. The molecule has 0 unspecified atom stereocenters. The molecule has 0 bridgehead atoms. The number of thioether (sulfide) groups is 1. The van der Waals surface area contributed by atoms with Crippen LogP contribution in [0.1, 0.15) is 11.1 Å². The summed E-state index contributed by atoms with van der Waals surface area (Å²) in [6.07, 6.45) is 3.92. The maximum Gasteiger partial charge on any atom is 0.263 e. The molecule has 1 aromatic rings. The monoisotopic (exact) mass is 307 g/mol. The molecule has 1 saturated heterocycles. The minimum atomic E-state index is -0.211. The highest BCUT2D eigenvalue weighted by atomic mass is 32.2. The van der Waals surface area contributed by atoms with Gasteiger partial charge in [0.05, 0.1) is 12.0 Å². The second-order valence-electron chi connectivity index (χ2n) is 4.08. The van der Waals surface area contributed by atoms with E-state index in [2.05, 4.69) is 11.9 Å². The number of hydrogen-bond acceptors (Lipinski definition) is 5. The van der Waals surface area contributed by atoms with E-state index in [1.54, 1.807) is 24.3 Å². The Morgan fingerprint density at radius 2 is 2.30 bits per heavy atom. The van der Waals surface area contributed by atoms with Crippen LogP contribution in [0, 0.1) is 0 Å². The fourth-order valence-electron chi connectivity index (χ4n) is 1.81. The predicted molar refractivity (Wildman–Crippen MR) is 84.9 cm³/mol. The lowest BCUT2D eigenvalue weighted by Crippen LogP contribution is -2.17. The van der Waals surface area contributed by atoms with Gasteiger partial charge in [-0.05, 0) is 30.2 Å². The fourth-order valence-corrected chi connectivity index (χ4v) is 2.86. The summed E-state index contributed by atoms with van der Waals surface area (Å²) in [6, 6.07) is 3.46. The summed E-state index contributed by atoms with van der Waals surface area (Å²) in [6.45, 7) is 3.65. The molecule has 0 spiro atoms. The van der Waals surface area contributed by atoms with E-state index >= 15 is 0 Å². The SMILES string of the molecule is C=CCc1cc(C=C2SC(=S)NC2=O)cc(OC)c1O. The predicted octanol–water partition coefficient (Wildman–Crippen LogP) is 2.62. The number of thiocarbonyl (C=S) groups is 1. The first-order chi connectivity index (χ1) is 9.55. The van der Waals surface area contributed by atoms with Gasteiger partial charge < -0.3 is 15.2 Å². The zero-order valence-electron chi connectivity index (χ0n) is 10.8. The summed E-state index contributed by atoms with van der Waals surface area (Å²) in [5.41, 5.74) is 1.45. The number of benzene rings is 1. The third-order valence-corrected chi connectivity index (χ3v) is 3.86. The largest absolute Gasteiger partial charge is 0.504 e. The van der Waals surface area contributed by atoms with Crippen molar-refractivity contribution in [2.75, 3.05) is 7.11 Å². The van der Waals surface area contributed by atoms with Crippen molar-refractivity contribution in [3.63, 3.8) is 0 Å². The Balaban J connectivity index is 2.44. The van der Waals surface area contributed by atoms with Crippen molar-refractivity contribution >= 4 is 40.3 Å². The Bertz CT molecular complexity index is 623. The zero-order valence-corrected chi connectivity index (χ0v) is 12.4. The normalized spacial score (nSPS) is 16.4. The smallest absolute Gasteiger partial charge is 0.263 e.